The van der Waals surface area contributed by atoms with Crippen LogP contribution in [0.2, 0.25) is 0 Å². The lowest BCUT2D eigenvalue weighted by Gasteiger charge is -2.33. The van der Waals surface area contributed by atoms with Crippen LogP contribution < -0.4 is 15.4 Å². The number of rotatable bonds is 7. The third-order valence-corrected chi connectivity index (χ3v) is 4.67. The Bertz CT molecular complexity index is 682. The van der Waals surface area contributed by atoms with Crippen LogP contribution in [-0.2, 0) is 14.3 Å². The SMILES string of the molecule is C=C1NC(=O)N[C@@H](c2ccc(OCCC)cc2)[C@@H]1C(=O)OC[C@@H]1CCCO1. The van der Waals surface area contributed by atoms with Crippen molar-refractivity contribution in [1.29, 1.82) is 0 Å². The number of nitrogens with one attached hydrogen (secondary N) is 2. The molecule has 0 aliphatic carbocycles. The quantitative estimate of drug-likeness (QED) is 0.717. The van der Waals surface area contributed by atoms with Gasteiger partial charge < -0.3 is 24.8 Å². The molecule has 27 heavy (non-hydrogen) atoms. The van der Waals surface area contributed by atoms with E-state index >= 15 is 0 Å². The van der Waals surface area contributed by atoms with Crippen LogP contribution in [-0.4, -0.2) is 37.9 Å². The third-order valence-electron chi connectivity index (χ3n) is 4.67. The summed E-state index contributed by atoms with van der Waals surface area (Å²) in [5, 5.41) is 5.38. The van der Waals surface area contributed by atoms with Gasteiger partial charge >= 0.3 is 12.0 Å². The topological polar surface area (TPSA) is 85.9 Å². The molecule has 2 amide bonds. The maximum atomic E-state index is 12.7. The first kappa shape index (κ1) is 19.2. The Morgan fingerprint density at radius 3 is 2.78 bits per heavy atom. The fraction of sp³-hybridized carbons (Fsp3) is 0.500. The van der Waals surface area contributed by atoms with E-state index in [1.807, 2.05) is 31.2 Å². The van der Waals surface area contributed by atoms with Crippen molar-refractivity contribution in [2.45, 2.75) is 38.3 Å². The molecule has 2 heterocycles. The van der Waals surface area contributed by atoms with E-state index in [-0.39, 0.29) is 18.7 Å². The van der Waals surface area contributed by atoms with Crippen molar-refractivity contribution in [3.8, 4) is 5.75 Å². The lowest BCUT2D eigenvalue weighted by Crippen LogP contribution is -2.51. The molecule has 7 nitrogen and oxygen atoms in total. The summed E-state index contributed by atoms with van der Waals surface area (Å²) >= 11 is 0. The normalized spacial score (nSPS) is 24.9. The Labute approximate surface area is 159 Å². The van der Waals surface area contributed by atoms with Gasteiger partial charge in [0, 0.05) is 12.3 Å². The highest BCUT2D eigenvalue weighted by Gasteiger charge is 2.39. The van der Waals surface area contributed by atoms with Gasteiger partial charge in [-0.2, -0.15) is 0 Å². The second-order valence-corrected chi connectivity index (χ2v) is 6.76. The highest BCUT2D eigenvalue weighted by atomic mass is 16.6. The van der Waals surface area contributed by atoms with E-state index in [1.165, 1.54) is 0 Å². The van der Waals surface area contributed by atoms with Crippen molar-refractivity contribution in [3.63, 3.8) is 0 Å². The molecule has 0 unspecified atom stereocenters. The number of amides is 2. The first-order valence-electron chi connectivity index (χ1n) is 9.35. The number of urea groups is 1. The molecule has 0 bridgehead atoms. The second-order valence-electron chi connectivity index (χ2n) is 6.76. The number of carbonyl (C=O) groups excluding carboxylic acids is 2. The van der Waals surface area contributed by atoms with Crippen LogP contribution in [0.4, 0.5) is 4.79 Å². The predicted octanol–water partition coefficient (Wildman–Crippen LogP) is 2.68. The minimum atomic E-state index is -0.716. The molecule has 2 fully saturated rings. The molecule has 2 saturated heterocycles. The van der Waals surface area contributed by atoms with Gasteiger partial charge in [0.1, 0.15) is 18.3 Å². The van der Waals surface area contributed by atoms with Crippen LogP contribution in [0, 0.1) is 5.92 Å². The predicted molar refractivity (Wildman–Crippen MR) is 99.2 cm³/mol. The van der Waals surface area contributed by atoms with Gasteiger partial charge in [0.05, 0.1) is 18.8 Å². The molecule has 3 rings (SSSR count). The van der Waals surface area contributed by atoms with Crippen LogP contribution >= 0.6 is 0 Å². The fourth-order valence-electron chi connectivity index (χ4n) is 3.27. The molecule has 0 spiro atoms. The summed E-state index contributed by atoms with van der Waals surface area (Å²) in [7, 11) is 0. The van der Waals surface area contributed by atoms with Gasteiger partial charge in [-0.05, 0) is 37.0 Å². The zero-order valence-electron chi connectivity index (χ0n) is 15.5. The molecule has 0 radical (unpaired) electrons. The van der Waals surface area contributed by atoms with Crippen LogP contribution in [0.1, 0.15) is 37.8 Å². The maximum Gasteiger partial charge on any atom is 0.319 e. The second kappa shape index (κ2) is 8.90. The largest absolute Gasteiger partial charge is 0.494 e. The molecule has 2 aliphatic rings. The molecule has 2 aliphatic heterocycles. The van der Waals surface area contributed by atoms with Crippen LogP contribution in [0.15, 0.2) is 36.5 Å². The molecule has 0 aromatic heterocycles. The van der Waals surface area contributed by atoms with Gasteiger partial charge in [0.25, 0.3) is 0 Å². The van der Waals surface area contributed by atoms with Crippen LogP contribution in [0.25, 0.3) is 0 Å². The Hall–Kier alpha value is -2.54. The number of esters is 1. The molecule has 1 aromatic carbocycles. The van der Waals surface area contributed by atoms with Gasteiger partial charge in [-0.1, -0.05) is 25.6 Å². The summed E-state index contributed by atoms with van der Waals surface area (Å²) in [5.74, 6) is -0.400. The summed E-state index contributed by atoms with van der Waals surface area (Å²) in [6, 6.07) is 6.40. The summed E-state index contributed by atoms with van der Waals surface area (Å²) in [4.78, 5) is 24.6. The average molecular weight is 374 g/mol. The number of hydrogen-bond acceptors (Lipinski definition) is 5. The number of carbonyl (C=O) groups is 2. The van der Waals surface area contributed by atoms with E-state index in [0.717, 1.165) is 30.6 Å². The Kier molecular flexibility index (Phi) is 6.34. The van der Waals surface area contributed by atoms with Crippen LogP contribution in [0.5, 0.6) is 5.75 Å². The smallest absolute Gasteiger partial charge is 0.319 e. The summed E-state index contributed by atoms with van der Waals surface area (Å²) in [5.41, 5.74) is 1.11. The minimum absolute atomic E-state index is 0.0539. The van der Waals surface area contributed by atoms with Gasteiger partial charge in [-0.15, -0.1) is 0 Å². The van der Waals surface area contributed by atoms with E-state index in [2.05, 4.69) is 17.2 Å². The molecule has 7 heteroatoms. The Balaban J connectivity index is 1.71. The molecule has 0 saturated carbocycles. The highest BCUT2D eigenvalue weighted by Crippen LogP contribution is 2.31. The first-order chi connectivity index (χ1) is 13.1. The zero-order chi connectivity index (χ0) is 19.2. The fourth-order valence-corrected chi connectivity index (χ4v) is 3.27. The Morgan fingerprint density at radius 1 is 1.33 bits per heavy atom. The average Bonchev–Trinajstić information content (AvgIpc) is 3.18. The van der Waals surface area contributed by atoms with E-state index in [1.54, 1.807) is 0 Å². The van der Waals surface area contributed by atoms with Gasteiger partial charge in [0.15, 0.2) is 0 Å². The molecular formula is C20H26N2O5. The number of ether oxygens (including phenoxy) is 3. The van der Waals surface area contributed by atoms with Crippen molar-refractivity contribution < 1.29 is 23.8 Å². The summed E-state index contributed by atoms with van der Waals surface area (Å²) in [6.07, 6.45) is 2.73. The minimum Gasteiger partial charge on any atom is -0.494 e. The Morgan fingerprint density at radius 2 is 2.11 bits per heavy atom. The molecule has 2 N–H and O–H groups in total. The third kappa shape index (κ3) is 4.80. The summed E-state index contributed by atoms with van der Waals surface area (Å²) in [6.45, 7) is 7.44. The van der Waals surface area contributed by atoms with Gasteiger partial charge in [-0.25, -0.2) is 4.79 Å². The lowest BCUT2D eigenvalue weighted by molar-refractivity contribution is -0.151. The molecular weight excluding hydrogens is 348 g/mol. The van der Waals surface area contributed by atoms with Gasteiger partial charge in [-0.3, -0.25) is 4.79 Å². The monoisotopic (exact) mass is 374 g/mol. The van der Waals surface area contributed by atoms with Crippen molar-refractivity contribution in [3.05, 3.63) is 42.1 Å². The van der Waals surface area contributed by atoms with Crippen molar-refractivity contribution in [1.82, 2.24) is 10.6 Å². The van der Waals surface area contributed by atoms with E-state index < -0.39 is 17.9 Å². The molecule has 146 valence electrons. The first-order valence-corrected chi connectivity index (χ1v) is 9.35. The van der Waals surface area contributed by atoms with Crippen molar-refractivity contribution in [2.24, 2.45) is 5.92 Å². The van der Waals surface area contributed by atoms with Crippen LogP contribution in [0.3, 0.4) is 0 Å². The maximum absolute atomic E-state index is 12.7. The molecule has 1 aromatic rings. The van der Waals surface area contributed by atoms with Gasteiger partial charge in [0.2, 0.25) is 0 Å². The molecule has 3 atom stereocenters. The number of benzene rings is 1. The van der Waals surface area contributed by atoms with E-state index in [4.69, 9.17) is 14.2 Å². The highest BCUT2D eigenvalue weighted by molar-refractivity contribution is 5.85. The summed E-state index contributed by atoms with van der Waals surface area (Å²) < 4.78 is 16.5. The lowest BCUT2D eigenvalue weighted by atomic mass is 9.89. The standard InChI is InChI=1S/C20H26N2O5/c1-3-10-25-15-8-6-14(7-9-15)18-17(13(2)21-20(24)22-18)19(23)27-12-16-5-4-11-26-16/h6-9,16-18H,2-5,10-12H2,1H3,(H2,21,22,24)/t16-,17+,18-/m0/s1. The van der Waals surface area contributed by atoms with Crippen molar-refractivity contribution >= 4 is 12.0 Å². The zero-order valence-corrected chi connectivity index (χ0v) is 15.5. The van der Waals surface area contributed by atoms with E-state index in [0.29, 0.717) is 18.9 Å². The van der Waals surface area contributed by atoms with E-state index in [9.17, 15) is 9.59 Å². The number of hydrogen-bond donors (Lipinski definition) is 2. The van der Waals surface area contributed by atoms with Crippen molar-refractivity contribution in [2.75, 3.05) is 19.8 Å².